The van der Waals surface area contributed by atoms with E-state index in [2.05, 4.69) is 18.4 Å². The third-order valence-electron chi connectivity index (χ3n) is 6.55. The zero-order valence-electron chi connectivity index (χ0n) is 26.3. The molecule has 11 nitrogen and oxygen atoms in total. The Morgan fingerprint density at radius 2 is 1.00 bits per heavy atom. The summed E-state index contributed by atoms with van der Waals surface area (Å²) in [4.78, 5) is 42.1. The molecule has 0 aromatic carbocycles. The van der Waals surface area contributed by atoms with Gasteiger partial charge in [0.25, 0.3) is 0 Å². The summed E-state index contributed by atoms with van der Waals surface area (Å²) in [5, 5.41) is 24.0. The number of hydrogen-bond donors (Lipinski definition) is 5. The summed E-state index contributed by atoms with van der Waals surface area (Å²) in [6.45, 7) is 2.87. The number of hydrogen-bond acceptors (Lipinski definition) is 9. The quantitative estimate of drug-likeness (QED) is 0.0406. The van der Waals surface area contributed by atoms with Crippen LogP contribution in [0, 0.1) is 0 Å². The van der Waals surface area contributed by atoms with E-state index >= 15 is 0 Å². The SMILES string of the molecule is CCCCCCCCCCCC(=O)OCC(COP(=O)(O)O)OC(=O)CCCCCCCCCCC.OCC(O)CO. The highest BCUT2D eigenvalue weighted by atomic mass is 31.2. The van der Waals surface area contributed by atoms with E-state index in [0.29, 0.717) is 6.42 Å². The Balaban J connectivity index is 0. The van der Waals surface area contributed by atoms with Crippen LogP contribution in [0.25, 0.3) is 0 Å². The molecular formula is C30H61O11P. The lowest BCUT2D eigenvalue weighted by atomic mass is 10.1. The molecule has 0 saturated carbocycles. The molecule has 0 bridgehead atoms. The maximum Gasteiger partial charge on any atom is 0.469 e. The summed E-state index contributed by atoms with van der Waals surface area (Å²) >= 11 is 0. The van der Waals surface area contributed by atoms with Crippen molar-refractivity contribution in [3.8, 4) is 0 Å². The molecular weight excluding hydrogens is 567 g/mol. The molecule has 12 heteroatoms. The van der Waals surface area contributed by atoms with Crippen molar-refractivity contribution in [1.82, 2.24) is 0 Å². The fourth-order valence-electron chi connectivity index (χ4n) is 4.02. The molecule has 252 valence electrons. The lowest BCUT2D eigenvalue weighted by Crippen LogP contribution is -2.29. The highest BCUT2D eigenvalue weighted by molar-refractivity contribution is 7.46. The van der Waals surface area contributed by atoms with Gasteiger partial charge < -0.3 is 34.6 Å². The van der Waals surface area contributed by atoms with Gasteiger partial charge in [0, 0.05) is 12.8 Å². The molecule has 0 aromatic heterocycles. The molecule has 0 aliphatic rings. The van der Waals surface area contributed by atoms with Crippen molar-refractivity contribution in [2.75, 3.05) is 26.4 Å². The molecule has 0 aliphatic carbocycles. The van der Waals surface area contributed by atoms with Crippen molar-refractivity contribution in [3.63, 3.8) is 0 Å². The standard InChI is InChI=1S/C27H53O8P.C3H8O3/c1-3-5-7-9-11-13-15-17-19-21-26(28)33-23-25(24-34-36(30,31)32)35-27(29)22-20-18-16-14-12-10-8-6-4-2;4-1-3(6)2-5/h25H,3-24H2,1-2H3,(H2,30,31,32);3-6H,1-2H2. The zero-order chi connectivity index (χ0) is 31.9. The fraction of sp³-hybridized carbons (Fsp3) is 0.933. The zero-order valence-corrected chi connectivity index (χ0v) is 27.2. The third kappa shape index (κ3) is 35.1. The average molecular weight is 629 g/mol. The molecule has 42 heavy (non-hydrogen) atoms. The van der Waals surface area contributed by atoms with E-state index in [9.17, 15) is 14.2 Å². The third-order valence-corrected chi connectivity index (χ3v) is 7.03. The van der Waals surface area contributed by atoms with Gasteiger partial charge in [-0.15, -0.1) is 0 Å². The summed E-state index contributed by atoms with van der Waals surface area (Å²) in [6.07, 6.45) is 18.9. The van der Waals surface area contributed by atoms with Crippen LogP contribution in [0.1, 0.15) is 142 Å². The first-order chi connectivity index (χ1) is 20.1. The smallest absolute Gasteiger partial charge is 0.462 e. The molecule has 0 spiro atoms. The van der Waals surface area contributed by atoms with Crippen molar-refractivity contribution in [2.45, 2.75) is 154 Å². The molecule has 0 saturated heterocycles. The van der Waals surface area contributed by atoms with Crippen LogP contribution in [-0.2, 0) is 28.2 Å². The maximum atomic E-state index is 12.2. The predicted octanol–water partition coefficient (Wildman–Crippen LogP) is 5.72. The molecule has 0 rings (SSSR count). The molecule has 0 aliphatic heterocycles. The molecule has 1 unspecified atom stereocenters. The first-order valence-electron chi connectivity index (χ1n) is 16.0. The van der Waals surface area contributed by atoms with E-state index in [0.717, 1.165) is 38.5 Å². The van der Waals surface area contributed by atoms with E-state index in [4.69, 9.17) is 34.6 Å². The predicted molar refractivity (Wildman–Crippen MR) is 163 cm³/mol. The minimum atomic E-state index is -4.72. The van der Waals surface area contributed by atoms with Crippen LogP contribution >= 0.6 is 7.82 Å². The summed E-state index contributed by atoms with van der Waals surface area (Å²) < 4.78 is 26.0. The first kappa shape index (κ1) is 43.1. The van der Waals surface area contributed by atoms with Gasteiger partial charge in [-0.2, -0.15) is 0 Å². The van der Waals surface area contributed by atoms with Gasteiger partial charge in [0.15, 0.2) is 6.10 Å². The van der Waals surface area contributed by atoms with Gasteiger partial charge in [0.2, 0.25) is 0 Å². The van der Waals surface area contributed by atoms with E-state index in [1.807, 2.05) is 0 Å². The summed E-state index contributed by atoms with van der Waals surface area (Å²) in [6, 6.07) is 0. The molecule has 0 amide bonds. The number of phosphoric acid groups is 1. The number of carbonyl (C=O) groups excluding carboxylic acids is 2. The van der Waals surface area contributed by atoms with E-state index in [1.165, 1.54) is 70.6 Å². The number of aliphatic hydroxyl groups excluding tert-OH is 3. The van der Waals surface area contributed by atoms with Crippen LogP contribution in [0.4, 0.5) is 0 Å². The summed E-state index contributed by atoms with van der Waals surface area (Å²) in [7, 11) is -4.72. The number of rotatable bonds is 28. The molecule has 5 N–H and O–H groups in total. The van der Waals surface area contributed by atoms with Gasteiger partial charge in [-0.1, -0.05) is 117 Å². The highest BCUT2D eigenvalue weighted by Crippen LogP contribution is 2.35. The van der Waals surface area contributed by atoms with Gasteiger partial charge in [0.1, 0.15) is 12.7 Å². The van der Waals surface area contributed by atoms with Gasteiger partial charge in [-0.05, 0) is 12.8 Å². The maximum absolute atomic E-state index is 12.2. The van der Waals surface area contributed by atoms with Gasteiger partial charge in [-0.3, -0.25) is 14.1 Å². The number of ether oxygens (including phenoxy) is 2. The topological polar surface area (TPSA) is 180 Å². The molecule has 0 heterocycles. The molecule has 0 fully saturated rings. The van der Waals surface area contributed by atoms with Crippen molar-refractivity contribution in [3.05, 3.63) is 0 Å². The Hall–Kier alpha value is -1.07. The highest BCUT2D eigenvalue weighted by Gasteiger charge is 2.22. The molecule has 0 radical (unpaired) electrons. The minimum absolute atomic E-state index is 0.217. The Morgan fingerprint density at radius 1 is 0.619 bits per heavy atom. The Kier molecular flexibility index (Phi) is 32.1. The number of aliphatic hydroxyl groups is 3. The fourth-order valence-corrected chi connectivity index (χ4v) is 4.38. The Labute approximate surface area is 254 Å². The normalized spacial score (nSPS) is 12.1. The number of carbonyl (C=O) groups is 2. The van der Waals surface area contributed by atoms with E-state index in [1.54, 1.807) is 0 Å². The van der Waals surface area contributed by atoms with Crippen LogP contribution in [-0.4, -0.2) is 75.7 Å². The lowest BCUT2D eigenvalue weighted by Gasteiger charge is -2.18. The second-order valence-corrected chi connectivity index (χ2v) is 12.0. The summed E-state index contributed by atoms with van der Waals surface area (Å²) in [5.41, 5.74) is 0. The number of unbranched alkanes of at least 4 members (excludes halogenated alkanes) is 16. The largest absolute Gasteiger partial charge is 0.469 e. The lowest BCUT2D eigenvalue weighted by molar-refractivity contribution is -0.161. The summed E-state index contributed by atoms with van der Waals surface area (Å²) in [5.74, 6) is -0.888. The van der Waals surface area contributed by atoms with Crippen molar-refractivity contribution >= 4 is 19.8 Å². The van der Waals surface area contributed by atoms with Crippen molar-refractivity contribution < 1.29 is 53.3 Å². The average Bonchev–Trinajstić information content (AvgIpc) is 2.96. The van der Waals surface area contributed by atoms with Crippen LogP contribution in [0.2, 0.25) is 0 Å². The number of esters is 2. The van der Waals surface area contributed by atoms with E-state index < -0.39 is 38.6 Å². The second-order valence-electron chi connectivity index (χ2n) is 10.8. The van der Waals surface area contributed by atoms with Gasteiger partial charge in [0.05, 0.1) is 19.8 Å². The van der Waals surface area contributed by atoms with Crippen molar-refractivity contribution in [1.29, 1.82) is 0 Å². The van der Waals surface area contributed by atoms with E-state index in [-0.39, 0.29) is 32.7 Å². The van der Waals surface area contributed by atoms with Crippen LogP contribution < -0.4 is 0 Å². The van der Waals surface area contributed by atoms with Crippen LogP contribution in [0.15, 0.2) is 0 Å². The number of phosphoric ester groups is 1. The molecule has 0 aromatic rings. The Bertz CT molecular complexity index is 653. The van der Waals surface area contributed by atoms with Gasteiger partial charge >= 0.3 is 19.8 Å². The Morgan fingerprint density at radius 3 is 1.36 bits per heavy atom. The minimum Gasteiger partial charge on any atom is -0.462 e. The van der Waals surface area contributed by atoms with Crippen LogP contribution in [0.5, 0.6) is 0 Å². The second kappa shape index (κ2) is 31.4. The monoisotopic (exact) mass is 628 g/mol. The first-order valence-corrected chi connectivity index (χ1v) is 17.6. The van der Waals surface area contributed by atoms with Crippen LogP contribution in [0.3, 0.4) is 0 Å². The van der Waals surface area contributed by atoms with Gasteiger partial charge in [-0.25, -0.2) is 4.57 Å². The molecule has 1 atom stereocenters. The van der Waals surface area contributed by atoms with Crippen molar-refractivity contribution in [2.24, 2.45) is 0 Å².